The van der Waals surface area contributed by atoms with Gasteiger partial charge in [-0.25, -0.2) is 9.59 Å². The van der Waals surface area contributed by atoms with Gasteiger partial charge >= 0.3 is 11.9 Å². The lowest BCUT2D eigenvalue weighted by molar-refractivity contribution is 0.0104. The van der Waals surface area contributed by atoms with Crippen LogP contribution in [0.4, 0.5) is 0 Å². The van der Waals surface area contributed by atoms with Crippen molar-refractivity contribution in [3.63, 3.8) is 0 Å². The van der Waals surface area contributed by atoms with Crippen molar-refractivity contribution < 1.29 is 24.5 Å². The van der Waals surface area contributed by atoms with E-state index in [4.69, 9.17) is 10.5 Å². The second-order valence-electron chi connectivity index (χ2n) is 6.32. The fraction of sp³-hybridized carbons (Fsp3) is 0.412. The van der Waals surface area contributed by atoms with E-state index in [1.54, 1.807) is 16.7 Å². The number of carboxylic acids is 2. The lowest BCUT2D eigenvalue weighted by atomic mass is 9.80. The Morgan fingerprint density at radius 1 is 1.17 bits per heavy atom. The summed E-state index contributed by atoms with van der Waals surface area (Å²) in [6.45, 7) is 2.05. The van der Waals surface area contributed by atoms with Crippen LogP contribution in [0.2, 0.25) is 0 Å². The van der Waals surface area contributed by atoms with Gasteiger partial charge in [0.2, 0.25) is 0 Å². The molecule has 0 unspecified atom stereocenters. The number of nitrogens with zero attached hydrogens (tertiary/aromatic N) is 1. The van der Waals surface area contributed by atoms with Crippen LogP contribution in [-0.4, -0.2) is 46.5 Å². The van der Waals surface area contributed by atoms with E-state index in [1.807, 2.05) is 0 Å². The highest BCUT2D eigenvalue weighted by Crippen LogP contribution is 2.34. The first kappa shape index (κ1) is 16.5. The SMILES string of the molecule is NCC1(Cn2c(C(=O)O)cc3ccc(C(=O)O)cc32)CCOCC1. The highest BCUT2D eigenvalue weighted by Gasteiger charge is 2.33. The summed E-state index contributed by atoms with van der Waals surface area (Å²) in [7, 11) is 0. The normalized spacial score (nSPS) is 17.0. The summed E-state index contributed by atoms with van der Waals surface area (Å²) in [6, 6.07) is 6.22. The molecule has 7 nitrogen and oxygen atoms in total. The maximum atomic E-state index is 11.7. The molecule has 7 heteroatoms. The quantitative estimate of drug-likeness (QED) is 0.769. The Hall–Kier alpha value is -2.38. The second-order valence-corrected chi connectivity index (χ2v) is 6.32. The molecule has 1 aromatic carbocycles. The molecule has 1 saturated heterocycles. The molecular weight excluding hydrogens is 312 g/mol. The maximum absolute atomic E-state index is 11.7. The molecular formula is C17H20N2O5. The van der Waals surface area contributed by atoms with E-state index in [0.717, 1.165) is 12.8 Å². The zero-order valence-electron chi connectivity index (χ0n) is 13.2. The molecule has 0 bridgehead atoms. The monoisotopic (exact) mass is 332 g/mol. The van der Waals surface area contributed by atoms with E-state index >= 15 is 0 Å². The predicted octanol–water partition coefficient (Wildman–Crippen LogP) is 1.79. The van der Waals surface area contributed by atoms with E-state index in [1.165, 1.54) is 12.1 Å². The number of aromatic nitrogens is 1. The summed E-state index contributed by atoms with van der Waals surface area (Å²) in [4.78, 5) is 22.9. The van der Waals surface area contributed by atoms with Crippen LogP contribution in [0.3, 0.4) is 0 Å². The molecule has 3 rings (SSSR count). The molecule has 2 heterocycles. The number of rotatable bonds is 5. The smallest absolute Gasteiger partial charge is 0.352 e. The number of aromatic carboxylic acids is 2. The van der Waals surface area contributed by atoms with Crippen LogP contribution in [0.15, 0.2) is 24.3 Å². The first-order valence-electron chi connectivity index (χ1n) is 7.83. The number of ether oxygens (including phenoxy) is 1. The Morgan fingerprint density at radius 2 is 1.88 bits per heavy atom. The van der Waals surface area contributed by atoms with Crippen LogP contribution in [0.5, 0.6) is 0 Å². The molecule has 1 aliphatic heterocycles. The minimum absolute atomic E-state index is 0.132. The number of hydrogen-bond donors (Lipinski definition) is 3. The number of hydrogen-bond acceptors (Lipinski definition) is 4. The molecule has 0 amide bonds. The molecule has 2 aromatic rings. The molecule has 0 aliphatic carbocycles. The third-order valence-electron chi connectivity index (χ3n) is 4.85. The fourth-order valence-corrected chi connectivity index (χ4v) is 3.30. The summed E-state index contributed by atoms with van der Waals surface area (Å²) >= 11 is 0. The van der Waals surface area contributed by atoms with Gasteiger partial charge in [-0.3, -0.25) is 0 Å². The summed E-state index contributed by atoms with van der Waals surface area (Å²) in [5, 5.41) is 19.5. The highest BCUT2D eigenvalue weighted by molar-refractivity contribution is 5.98. The standard InChI is InChI=1S/C17H20N2O5/c18-9-17(3-5-24-6-4-17)10-19-13-8-12(15(20)21)2-1-11(13)7-14(19)16(22)23/h1-2,7-8H,3-6,9-10,18H2,(H,20,21)(H,22,23). The average molecular weight is 332 g/mol. The van der Waals surface area contributed by atoms with Crippen molar-refractivity contribution in [2.24, 2.45) is 11.1 Å². The van der Waals surface area contributed by atoms with Crippen molar-refractivity contribution in [2.75, 3.05) is 19.8 Å². The van der Waals surface area contributed by atoms with Crippen molar-refractivity contribution in [2.45, 2.75) is 19.4 Å². The zero-order chi connectivity index (χ0) is 17.3. The lowest BCUT2D eigenvalue weighted by Crippen LogP contribution is -2.40. The van der Waals surface area contributed by atoms with Crippen LogP contribution in [0.25, 0.3) is 10.9 Å². The molecule has 4 N–H and O–H groups in total. The second kappa shape index (κ2) is 6.26. The van der Waals surface area contributed by atoms with Crippen molar-refractivity contribution >= 4 is 22.8 Å². The Balaban J connectivity index is 2.12. The van der Waals surface area contributed by atoms with E-state index in [2.05, 4.69) is 0 Å². The number of benzene rings is 1. The van der Waals surface area contributed by atoms with E-state index < -0.39 is 11.9 Å². The van der Waals surface area contributed by atoms with E-state index in [0.29, 0.717) is 37.2 Å². The Morgan fingerprint density at radius 3 is 2.46 bits per heavy atom. The Labute approximate surface area is 138 Å². The van der Waals surface area contributed by atoms with Crippen LogP contribution >= 0.6 is 0 Å². The summed E-state index contributed by atoms with van der Waals surface area (Å²) < 4.78 is 7.09. The predicted molar refractivity (Wildman–Crippen MR) is 87.4 cm³/mol. The van der Waals surface area contributed by atoms with E-state index in [9.17, 15) is 19.8 Å². The largest absolute Gasteiger partial charge is 0.478 e. The topological polar surface area (TPSA) is 115 Å². The van der Waals surface area contributed by atoms with Crippen molar-refractivity contribution in [3.05, 3.63) is 35.5 Å². The van der Waals surface area contributed by atoms with Gasteiger partial charge in [0.05, 0.1) is 5.56 Å². The number of carboxylic acid groups (broad SMARTS) is 2. The lowest BCUT2D eigenvalue weighted by Gasteiger charge is -2.37. The first-order valence-corrected chi connectivity index (χ1v) is 7.83. The van der Waals surface area contributed by atoms with Crippen molar-refractivity contribution in [1.29, 1.82) is 0 Å². The number of carbonyl (C=O) groups is 2. The highest BCUT2D eigenvalue weighted by atomic mass is 16.5. The van der Waals surface area contributed by atoms with Gasteiger partial charge in [-0.2, -0.15) is 0 Å². The molecule has 128 valence electrons. The van der Waals surface area contributed by atoms with Gasteiger partial charge in [0.1, 0.15) is 5.69 Å². The third kappa shape index (κ3) is 2.88. The van der Waals surface area contributed by atoms with E-state index in [-0.39, 0.29) is 16.7 Å². The maximum Gasteiger partial charge on any atom is 0.352 e. The van der Waals surface area contributed by atoms with Crippen LogP contribution in [-0.2, 0) is 11.3 Å². The first-order chi connectivity index (χ1) is 11.5. The number of fused-ring (bicyclic) bond motifs is 1. The van der Waals surface area contributed by atoms with Gasteiger partial charge in [0, 0.05) is 36.1 Å². The molecule has 0 spiro atoms. The van der Waals surface area contributed by atoms with Gasteiger partial charge < -0.3 is 25.3 Å². The van der Waals surface area contributed by atoms with Crippen LogP contribution < -0.4 is 5.73 Å². The van der Waals surface area contributed by atoms with Crippen molar-refractivity contribution in [3.8, 4) is 0 Å². The molecule has 0 atom stereocenters. The molecule has 1 aromatic heterocycles. The summed E-state index contributed by atoms with van der Waals surface area (Å²) in [5.74, 6) is -2.08. The minimum Gasteiger partial charge on any atom is -0.478 e. The summed E-state index contributed by atoms with van der Waals surface area (Å²) in [5.41, 5.74) is 6.63. The molecule has 1 aliphatic rings. The van der Waals surface area contributed by atoms with Crippen molar-refractivity contribution in [1.82, 2.24) is 4.57 Å². The van der Waals surface area contributed by atoms with Gasteiger partial charge in [0.15, 0.2) is 0 Å². The molecule has 0 saturated carbocycles. The average Bonchev–Trinajstić information content (AvgIpc) is 2.93. The zero-order valence-corrected chi connectivity index (χ0v) is 13.2. The van der Waals surface area contributed by atoms with Gasteiger partial charge in [0.25, 0.3) is 0 Å². The van der Waals surface area contributed by atoms with Gasteiger partial charge in [-0.05, 0) is 37.6 Å². The minimum atomic E-state index is -1.04. The van der Waals surface area contributed by atoms with Crippen LogP contribution in [0.1, 0.15) is 33.7 Å². The van der Waals surface area contributed by atoms with Gasteiger partial charge in [-0.1, -0.05) is 6.07 Å². The third-order valence-corrected chi connectivity index (χ3v) is 4.85. The molecule has 1 fully saturated rings. The summed E-state index contributed by atoms with van der Waals surface area (Å²) in [6.07, 6.45) is 1.50. The molecule has 24 heavy (non-hydrogen) atoms. The fourth-order valence-electron chi connectivity index (χ4n) is 3.30. The van der Waals surface area contributed by atoms with Crippen LogP contribution in [0, 0.1) is 5.41 Å². The Bertz CT molecular complexity index is 790. The Kier molecular flexibility index (Phi) is 4.29. The molecule has 0 radical (unpaired) electrons. The number of nitrogens with two attached hydrogens (primary N) is 1. The van der Waals surface area contributed by atoms with Gasteiger partial charge in [-0.15, -0.1) is 0 Å².